The monoisotopic (exact) mass is 514 g/mol. The van der Waals surface area contributed by atoms with Gasteiger partial charge in [-0.15, -0.1) is 0 Å². The number of ether oxygens (including phenoxy) is 2. The number of halogens is 3. The molecule has 0 saturated carbocycles. The van der Waals surface area contributed by atoms with Crippen LogP contribution in [0.4, 0.5) is 0 Å². The molecule has 2 aromatic carbocycles. The van der Waals surface area contributed by atoms with Crippen LogP contribution in [-0.4, -0.2) is 18.5 Å². The lowest BCUT2D eigenvalue weighted by atomic mass is 10.1. The van der Waals surface area contributed by atoms with Gasteiger partial charge in [0.25, 0.3) is 0 Å². The van der Waals surface area contributed by atoms with Crippen LogP contribution >= 0.6 is 39.1 Å². The van der Waals surface area contributed by atoms with Gasteiger partial charge in [0.2, 0.25) is 0 Å². The minimum absolute atomic E-state index is 0.205. The Balaban J connectivity index is 0.00000155. The first-order chi connectivity index (χ1) is 14.2. The number of carbonyl (C=O) groups is 2. The first-order valence-corrected chi connectivity index (χ1v) is 10.8. The maximum Gasteiger partial charge on any atom is 0.343 e. The first-order valence-electron chi connectivity index (χ1n) is 9.30. The summed E-state index contributed by atoms with van der Waals surface area (Å²) in [6.07, 6.45) is 0. The number of hydrogen-bond acceptors (Lipinski definition) is 5. The van der Waals surface area contributed by atoms with Crippen molar-refractivity contribution in [1.29, 1.82) is 0 Å². The Morgan fingerprint density at radius 1 is 1.03 bits per heavy atom. The molecule has 8 heteroatoms. The number of carbonyl (C=O) groups excluding carboxylic acids is 2. The van der Waals surface area contributed by atoms with Crippen molar-refractivity contribution in [3.05, 3.63) is 61.2 Å². The van der Waals surface area contributed by atoms with Crippen LogP contribution in [0, 0.1) is 13.8 Å². The van der Waals surface area contributed by atoms with E-state index < -0.39 is 11.9 Å². The lowest BCUT2D eigenvalue weighted by molar-refractivity contribution is 0.0526. The van der Waals surface area contributed by atoms with Gasteiger partial charge in [-0.05, 0) is 66.5 Å². The largest absolute Gasteiger partial charge is 0.462 e. The highest BCUT2D eigenvalue weighted by Crippen LogP contribution is 2.40. The summed E-state index contributed by atoms with van der Waals surface area (Å²) in [4.78, 5) is 25.0. The summed E-state index contributed by atoms with van der Waals surface area (Å²) in [5.74, 6) is -0.495. The average molecular weight is 516 g/mol. The fraction of sp³-hybridized carbons (Fsp3) is 0.273. The molecule has 0 radical (unpaired) electrons. The summed E-state index contributed by atoms with van der Waals surface area (Å²) >= 11 is 15.3. The number of aryl methyl sites for hydroxylation is 2. The average Bonchev–Trinajstić information content (AvgIpc) is 3.05. The number of furan rings is 1. The van der Waals surface area contributed by atoms with Crippen LogP contribution in [0.5, 0.6) is 5.75 Å². The van der Waals surface area contributed by atoms with Crippen molar-refractivity contribution < 1.29 is 23.5 Å². The molecule has 1 aromatic heterocycles. The Morgan fingerprint density at radius 3 is 2.20 bits per heavy atom. The number of esters is 2. The molecule has 0 bridgehead atoms. The molecule has 30 heavy (non-hydrogen) atoms. The van der Waals surface area contributed by atoms with Crippen LogP contribution in [0.1, 0.15) is 52.8 Å². The van der Waals surface area contributed by atoms with Gasteiger partial charge in [0.15, 0.2) is 0 Å². The van der Waals surface area contributed by atoms with E-state index in [2.05, 4.69) is 15.9 Å². The molecule has 0 unspecified atom stereocenters. The van der Waals surface area contributed by atoms with Gasteiger partial charge in [-0.1, -0.05) is 37.0 Å². The van der Waals surface area contributed by atoms with E-state index in [1.54, 1.807) is 26.8 Å². The third-order valence-electron chi connectivity index (χ3n) is 4.01. The molecule has 0 saturated heterocycles. The molecular weight excluding hydrogens is 495 g/mol. The summed E-state index contributed by atoms with van der Waals surface area (Å²) in [6.45, 7) is 9.42. The minimum Gasteiger partial charge on any atom is -0.462 e. The molecule has 0 aliphatic heterocycles. The van der Waals surface area contributed by atoms with E-state index in [9.17, 15) is 9.59 Å². The Hall–Kier alpha value is -2.02. The molecular formula is C22H21BrCl2O5. The standard InChI is InChI=1S/C20H15BrCl2O5.C2H6/c1-4-26-20(25)15-10(3)27-18-9(2)5-14(17(21)16(15)18)28-19(24)11-6-12(22)8-13(23)7-11;1-2/h5-8H,4H2,1-3H3;1-2H3. The van der Waals surface area contributed by atoms with E-state index in [0.29, 0.717) is 36.8 Å². The second kappa shape index (κ2) is 10.3. The van der Waals surface area contributed by atoms with Gasteiger partial charge in [-0.25, -0.2) is 9.59 Å². The second-order valence-corrected chi connectivity index (χ2v) is 7.68. The highest BCUT2D eigenvalue weighted by atomic mass is 79.9. The van der Waals surface area contributed by atoms with Crippen LogP contribution < -0.4 is 4.74 Å². The van der Waals surface area contributed by atoms with Crippen LogP contribution in [0.25, 0.3) is 11.0 Å². The fourth-order valence-corrected chi connectivity index (χ4v) is 3.93. The molecule has 3 aromatic rings. The Morgan fingerprint density at radius 2 is 1.63 bits per heavy atom. The van der Waals surface area contributed by atoms with Crippen LogP contribution in [0.3, 0.4) is 0 Å². The Bertz CT molecular complexity index is 1080. The van der Waals surface area contributed by atoms with E-state index in [4.69, 9.17) is 37.1 Å². The SMILES string of the molecule is CC.CCOC(=O)c1c(C)oc2c(C)cc(OC(=O)c3cc(Cl)cc(Cl)c3)c(Br)c12. The topological polar surface area (TPSA) is 65.7 Å². The third kappa shape index (κ3) is 4.99. The van der Waals surface area contributed by atoms with Gasteiger partial charge in [0.1, 0.15) is 22.7 Å². The molecule has 0 aliphatic rings. The van der Waals surface area contributed by atoms with Crippen LogP contribution in [-0.2, 0) is 4.74 Å². The van der Waals surface area contributed by atoms with Crippen molar-refractivity contribution in [2.75, 3.05) is 6.61 Å². The maximum absolute atomic E-state index is 12.6. The molecule has 0 aliphatic carbocycles. The van der Waals surface area contributed by atoms with Gasteiger partial charge in [0, 0.05) is 10.0 Å². The molecule has 3 rings (SSSR count). The molecule has 0 atom stereocenters. The van der Waals surface area contributed by atoms with Crippen molar-refractivity contribution in [2.24, 2.45) is 0 Å². The summed E-state index contributed by atoms with van der Waals surface area (Å²) in [5, 5.41) is 1.13. The fourth-order valence-electron chi connectivity index (χ4n) is 2.83. The maximum atomic E-state index is 12.6. The summed E-state index contributed by atoms with van der Waals surface area (Å²) < 4.78 is 16.8. The number of hydrogen-bond donors (Lipinski definition) is 0. The smallest absolute Gasteiger partial charge is 0.343 e. The summed E-state index contributed by atoms with van der Waals surface area (Å²) in [7, 11) is 0. The normalized spacial score (nSPS) is 10.4. The first kappa shape index (κ1) is 24.3. The zero-order chi connectivity index (χ0) is 22.6. The van der Waals surface area contributed by atoms with E-state index in [1.807, 2.05) is 13.8 Å². The second-order valence-electron chi connectivity index (χ2n) is 6.01. The lowest BCUT2D eigenvalue weighted by Gasteiger charge is -2.10. The number of fused-ring (bicyclic) bond motifs is 1. The van der Waals surface area contributed by atoms with E-state index in [1.165, 1.54) is 18.2 Å². The number of rotatable bonds is 4. The molecule has 0 fully saturated rings. The van der Waals surface area contributed by atoms with Crippen LogP contribution in [0.2, 0.25) is 10.0 Å². The van der Waals surface area contributed by atoms with E-state index in [0.717, 1.165) is 0 Å². The summed E-state index contributed by atoms with van der Waals surface area (Å²) in [6, 6.07) is 6.09. The molecule has 1 heterocycles. The zero-order valence-electron chi connectivity index (χ0n) is 17.2. The Kier molecular flexibility index (Phi) is 8.35. The quantitative estimate of drug-likeness (QED) is 0.265. The summed E-state index contributed by atoms with van der Waals surface area (Å²) in [5.41, 5.74) is 1.70. The van der Waals surface area contributed by atoms with E-state index in [-0.39, 0.29) is 23.5 Å². The lowest BCUT2D eigenvalue weighted by Crippen LogP contribution is -2.10. The molecule has 0 spiro atoms. The highest BCUT2D eigenvalue weighted by Gasteiger charge is 2.26. The minimum atomic E-state index is -0.637. The van der Waals surface area contributed by atoms with E-state index >= 15 is 0 Å². The number of benzene rings is 2. The zero-order valence-corrected chi connectivity index (χ0v) is 20.3. The van der Waals surface area contributed by atoms with Gasteiger partial charge < -0.3 is 13.9 Å². The van der Waals surface area contributed by atoms with Crippen LogP contribution in [0.15, 0.2) is 33.2 Å². The van der Waals surface area contributed by atoms with Gasteiger partial charge in [-0.3, -0.25) is 0 Å². The third-order valence-corrected chi connectivity index (χ3v) is 5.23. The molecule has 160 valence electrons. The molecule has 0 amide bonds. The Labute approximate surface area is 193 Å². The van der Waals surface area contributed by atoms with Crippen molar-refractivity contribution in [1.82, 2.24) is 0 Å². The molecule has 5 nitrogen and oxygen atoms in total. The van der Waals surface area contributed by atoms with Crippen molar-refractivity contribution in [3.63, 3.8) is 0 Å². The predicted octanol–water partition coefficient (Wildman–Crippen LogP) is 7.54. The van der Waals surface area contributed by atoms with Gasteiger partial charge >= 0.3 is 11.9 Å². The highest BCUT2D eigenvalue weighted by molar-refractivity contribution is 9.10. The van der Waals surface area contributed by atoms with Crippen molar-refractivity contribution in [2.45, 2.75) is 34.6 Å². The van der Waals surface area contributed by atoms with Gasteiger partial charge in [0.05, 0.1) is 22.0 Å². The molecule has 0 N–H and O–H groups in total. The van der Waals surface area contributed by atoms with Gasteiger partial charge in [-0.2, -0.15) is 0 Å². The predicted molar refractivity (Wildman–Crippen MR) is 122 cm³/mol. The van der Waals surface area contributed by atoms with Crippen molar-refractivity contribution in [3.8, 4) is 5.75 Å². The van der Waals surface area contributed by atoms with Crippen molar-refractivity contribution >= 4 is 62.0 Å².